The number of rotatable bonds is 4. The van der Waals surface area contributed by atoms with Crippen molar-refractivity contribution >= 4 is 40.8 Å². The first-order chi connectivity index (χ1) is 19.3. The van der Waals surface area contributed by atoms with Crippen molar-refractivity contribution < 1.29 is 27.5 Å². The molecular weight excluding hydrogens is 565 g/mol. The number of hydrogen-bond donors (Lipinski definition) is 2. The summed E-state index contributed by atoms with van der Waals surface area (Å²) in [5.41, 5.74) is -0.579. The van der Waals surface area contributed by atoms with E-state index in [2.05, 4.69) is 25.5 Å². The van der Waals surface area contributed by atoms with Crippen LogP contribution in [0.15, 0.2) is 43.0 Å². The molecule has 0 unspecified atom stereocenters. The molecule has 1 saturated heterocycles. The summed E-state index contributed by atoms with van der Waals surface area (Å²) in [5, 5.41) is 8.86. The van der Waals surface area contributed by atoms with E-state index in [0.717, 1.165) is 6.20 Å². The lowest BCUT2D eigenvalue weighted by atomic mass is 10.1. The van der Waals surface area contributed by atoms with Gasteiger partial charge in [-0.05, 0) is 39.0 Å². The van der Waals surface area contributed by atoms with E-state index in [1.165, 1.54) is 23.0 Å². The molecule has 4 aromatic rings. The van der Waals surface area contributed by atoms with Crippen LogP contribution in [0.4, 0.5) is 29.5 Å². The number of hydrogen-bond acceptors (Lipinski definition) is 7. The van der Waals surface area contributed by atoms with Gasteiger partial charge in [-0.2, -0.15) is 18.3 Å². The van der Waals surface area contributed by atoms with Crippen LogP contribution in [0, 0.1) is 0 Å². The number of imidazole rings is 1. The SMILES string of the molecule is CC(C)(C)OC(=O)N1CCN(C(=O)c2ccc(Nc3nccn4c(-c5c[nH]nc5C(F)(F)F)cnc34)cc2Cl)CC1. The van der Waals surface area contributed by atoms with Crippen LogP contribution in [0.5, 0.6) is 0 Å². The molecule has 11 nitrogen and oxygen atoms in total. The summed E-state index contributed by atoms with van der Waals surface area (Å²) in [6.07, 6.45) is 0.316. The molecular formula is C26H26ClF3N8O3. The molecule has 0 atom stereocenters. The number of H-pyrrole nitrogens is 1. The quantitative estimate of drug-likeness (QED) is 0.334. The maximum absolute atomic E-state index is 13.4. The monoisotopic (exact) mass is 590 g/mol. The number of piperazine rings is 1. The molecule has 15 heteroatoms. The topological polar surface area (TPSA) is 121 Å². The number of nitrogens with zero attached hydrogens (tertiary/aromatic N) is 6. The second kappa shape index (κ2) is 10.6. The predicted molar refractivity (Wildman–Crippen MR) is 144 cm³/mol. The number of aromatic amines is 1. The number of carbonyl (C=O) groups excluding carboxylic acids is 2. The van der Waals surface area contributed by atoms with E-state index in [9.17, 15) is 22.8 Å². The predicted octanol–water partition coefficient (Wildman–Crippen LogP) is 5.23. The maximum Gasteiger partial charge on any atom is 0.435 e. The van der Waals surface area contributed by atoms with Crippen molar-refractivity contribution in [1.82, 2.24) is 34.4 Å². The first kappa shape index (κ1) is 28.2. The summed E-state index contributed by atoms with van der Waals surface area (Å²) >= 11 is 6.48. The van der Waals surface area contributed by atoms with Crippen LogP contribution in [-0.4, -0.2) is 78.1 Å². The van der Waals surface area contributed by atoms with Crippen molar-refractivity contribution in [3.05, 3.63) is 59.3 Å². The molecule has 0 spiro atoms. The highest BCUT2D eigenvalue weighted by Crippen LogP contribution is 2.36. The molecule has 41 heavy (non-hydrogen) atoms. The molecule has 0 saturated carbocycles. The second-order valence-electron chi connectivity index (χ2n) is 10.3. The van der Waals surface area contributed by atoms with Crippen LogP contribution >= 0.6 is 11.6 Å². The highest BCUT2D eigenvalue weighted by atomic mass is 35.5. The molecule has 2 amide bonds. The van der Waals surface area contributed by atoms with Gasteiger partial charge in [0.25, 0.3) is 5.91 Å². The molecule has 216 valence electrons. The van der Waals surface area contributed by atoms with Crippen molar-refractivity contribution in [3.63, 3.8) is 0 Å². The fraction of sp³-hybridized carbons (Fsp3) is 0.346. The van der Waals surface area contributed by atoms with Gasteiger partial charge in [0.05, 0.1) is 28.0 Å². The van der Waals surface area contributed by atoms with E-state index < -0.39 is 23.6 Å². The fourth-order valence-corrected chi connectivity index (χ4v) is 4.66. The Morgan fingerprint density at radius 2 is 1.78 bits per heavy atom. The fourth-order valence-electron chi connectivity index (χ4n) is 4.40. The van der Waals surface area contributed by atoms with Crippen molar-refractivity contribution in [2.24, 2.45) is 0 Å². The minimum absolute atomic E-state index is 0.153. The van der Waals surface area contributed by atoms with Gasteiger partial charge in [-0.3, -0.25) is 14.3 Å². The van der Waals surface area contributed by atoms with Crippen molar-refractivity contribution in [2.75, 3.05) is 31.5 Å². The number of nitrogens with one attached hydrogen (secondary N) is 2. The largest absolute Gasteiger partial charge is 0.444 e. The molecule has 3 aromatic heterocycles. The number of anilines is 2. The van der Waals surface area contributed by atoms with Gasteiger partial charge in [-0.25, -0.2) is 14.8 Å². The van der Waals surface area contributed by atoms with Crippen molar-refractivity contribution in [2.45, 2.75) is 32.5 Å². The van der Waals surface area contributed by atoms with Crippen molar-refractivity contribution in [1.29, 1.82) is 0 Å². The molecule has 1 aliphatic rings. The number of alkyl halides is 3. The number of ether oxygens (including phenoxy) is 1. The molecule has 0 aliphatic carbocycles. The van der Waals surface area contributed by atoms with E-state index in [-0.39, 0.29) is 39.2 Å². The van der Waals surface area contributed by atoms with Crippen LogP contribution in [0.1, 0.15) is 36.8 Å². The van der Waals surface area contributed by atoms with E-state index >= 15 is 0 Å². The smallest absolute Gasteiger partial charge is 0.435 e. The van der Waals surface area contributed by atoms with Gasteiger partial charge in [0.2, 0.25) is 0 Å². The van der Waals surface area contributed by atoms with E-state index in [1.807, 2.05) is 0 Å². The van der Waals surface area contributed by atoms with Gasteiger partial charge >= 0.3 is 12.3 Å². The minimum Gasteiger partial charge on any atom is -0.444 e. The molecule has 1 aliphatic heterocycles. The van der Waals surface area contributed by atoms with Gasteiger partial charge in [-0.1, -0.05) is 11.6 Å². The number of halogens is 4. The number of aromatic nitrogens is 5. The molecule has 1 fully saturated rings. The van der Waals surface area contributed by atoms with Crippen LogP contribution in [0.3, 0.4) is 0 Å². The Morgan fingerprint density at radius 1 is 1.07 bits per heavy atom. The Hall–Kier alpha value is -4.33. The highest BCUT2D eigenvalue weighted by Gasteiger charge is 2.37. The summed E-state index contributed by atoms with van der Waals surface area (Å²) in [5.74, 6) is -0.00620. The summed E-state index contributed by atoms with van der Waals surface area (Å²) in [4.78, 5) is 37.2. The summed E-state index contributed by atoms with van der Waals surface area (Å²) in [6, 6.07) is 4.77. The Kier molecular flexibility index (Phi) is 7.28. The number of amides is 2. The van der Waals surface area contributed by atoms with E-state index in [0.29, 0.717) is 31.9 Å². The third-order valence-corrected chi connectivity index (χ3v) is 6.61. The molecule has 1 aromatic carbocycles. The average molecular weight is 591 g/mol. The molecule has 2 N–H and O–H groups in total. The van der Waals surface area contributed by atoms with Gasteiger partial charge in [0.15, 0.2) is 17.2 Å². The Balaban J connectivity index is 1.30. The lowest BCUT2D eigenvalue weighted by Gasteiger charge is -2.35. The van der Waals surface area contributed by atoms with E-state index in [1.54, 1.807) is 48.8 Å². The maximum atomic E-state index is 13.4. The lowest BCUT2D eigenvalue weighted by Crippen LogP contribution is -2.51. The lowest BCUT2D eigenvalue weighted by molar-refractivity contribution is -0.140. The van der Waals surface area contributed by atoms with Crippen LogP contribution < -0.4 is 5.32 Å². The van der Waals surface area contributed by atoms with Crippen molar-refractivity contribution in [3.8, 4) is 11.3 Å². The standard InChI is InChI=1S/C26H26ClF3N8O3/c1-25(2,3)41-24(40)37-10-8-36(9-11-37)23(39)16-5-4-15(12-18(16)27)34-21-22-32-14-19(38(22)7-6-31-21)17-13-33-35-20(17)26(28,29)30/h4-7,12-14H,8-11H2,1-3H3,(H,31,34)(H,33,35). The number of carbonyl (C=O) groups is 2. The van der Waals surface area contributed by atoms with Gasteiger partial charge < -0.3 is 19.9 Å². The van der Waals surface area contributed by atoms with Crippen LogP contribution in [0.2, 0.25) is 5.02 Å². The first-order valence-corrected chi connectivity index (χ1v) is 13.0. The third-order valence-electron chi connectivity index (χ3n) is 6.29. The summed E-state index contributed by atoms with van der Waals surface area (Å²) in [7, 11) is 0. The first-order valence-electron chi connectivity index (χ1n) is 12.6. The van der Waals surface area contributed by atoms with Gasteiger partial charge in [0, 0.05) is 50.5 Å². The molecule has 5 rings (SSSR count). The van der Waals surface area contributed by atoms with Gasteiger partial charge in [0.1, 0.15) is 5.60 Å². The van der Waals surface area contributed by atoms with Crippen LogP contribution in [-0.2, 0) is 10.9 Å². The summed E-state index contributed by atoms with van der Waals surface area (Å²) in [6.45, 7) is 6.71. The zero-order valence-corrected chi connectivity index (χ0v) is 23.0. The molecule has 4 heterocycles. The Morgan fingerprint density at radius 3 is 2.44 bits per heavy atom. The van der Waals surface area contributed by atoms with E-state index in [4.69, 9.17) is 16.3 Å². The summed E-state index contributed by atoms with van der Waals surface area (Å²) < 4.78 is 47.0. The molecule has 0 bridgehead atoms. The van der Waals surface area contributed by atoms with Gasteiger partial charge in [-0.15, -0.1) is 0 Å². The highest BCUT2D eigenvalue weighted by molar-refractivity contribution is 6.34. The molecule has 0 radical (unpaired) electrons. The van der Waals surface area contributed by atoms with Crippen LogP contribution in [0.25, 0.3) is 16.9 Å². The zero-order valence-electron chi connectivity index (χ0n) is 22.3. The number of benzene rings is 1. The zero-order chi connectivity index (χ0) is 29.5. The third kappa shape index (κ3) is 5.92. The normalized spacial score (nSPS) is 14.4. The minimum atomic E-state index is -4.64. The average Bonchev–Trinajstić information content (AvgIpc) is 3.55. The number of fused-ring (bicyclic) bond motifs is 1. The Bertz CT molecular complexity index is 1600. The second-order valence-corrected chi connectivity index (χ2v) is 10.7. The Labute approximate surface area is 237 Å².